The van der Waals surface area contributed by atoms with Crippen LogP contribution >= 0.6 is 38.5 Å². The quantitative estimate of drug-likeness (QED) is 0.535. The lowest BCUT2D eigenvalue weighted by atomic mass is 10.1. The predicted octanol–water partition coefficient (Wildman–Crippen LogP) is 3.08. The van der Waals surface area contributed by atoms with E-state index in [-0.39, 0.29) is 18.5 Å². The molecular weight excluding hydrogens is 425 g/mol. The molecule has 0 saturated heterocycles. The number of benzene rings is 1. The molecule has 0 unspecified atom stereocenters. The summed E-state index contributed by atoms with van der Waals surface area (Å²) in [5.41, 5.74) is 0.546. The molecule has 104 valence electrons. The van der Waals surface area contributed by atoms with E-state index < -0.39 is 5.97 Å². The van der Waals surface area contributed by atoms with Crippen LogP contribution in [0.4, 0.5) is 0 Å². The highest BCUT2D eigenvalue weighted by molar-refractivity contribution is 14.1. The molecule has 1 amide bonds. The maximum absolute atomic E-state index is 12.4. The van der Waals surface area contributed by atoms with Crippen molar-refractivity contribution in [2.45, 2.75) is 19.9 Å². The van der Waals surface area contributed by atoms with Gasteiger partial charge in [0.05, 0.1) is 7.11 Å². The minimum Gasteiger partial charge on any atom is -0.468 e. The second-order valence-electron chi connectivity index (χ2n) is 4.23. The van der Waals surface area contributed by atoms with E-state index >= 15 is 0 Å². The average molecular weight is 440 g/mol. The van der Waals surface area contributed by atoms with Gasteiger partial charge in [-0.15, -0.1) is 0 Å². The molecule has 1 aromatic carbocycles. The molecule has 19 heavy (non-hydrogen) atoms. The zero-order chi connectivity index (χ0) is 14.6. The van der Waals surface area contributed by atoms with Crippen molar-refractivity contribution in [2.24, 2.45) is 0 Å². The third-order valence-electron chi connectivity index (χ3n) is 2.58. The smallest absolute Gasteiger partial charge is 0.325 e. The summed E-state index contributed by atoms with van der Waals surface area (Å²) in [5.74, 6) is -0.607. The first-order valence-corrected chi connectivity index (χ1v) is 7.56. The van der Waals surface area contributed by atoms with Crippen molar-refractivity contribution in [3.8, 4) is 0 Å². The largest absolute Gasteiger partial charge is 0.468 e. The van der Waals surface area contributed by atoms with E-state index in [0.29, 0.717) is 5.56 Å². The van der Waals surface area contributed by atoms with Crippen molar-refractivity contribution in [1.82, 2.24) is 4.90 Å². The standard InChI is InChI=1S/C13H15BrINO3/c1-8(2)16(7-12(17)19-3)13(18)9-4-5-11(15)10(14)6-9/h4-6,8H,7H2,1-3H3. The van der Waals surface area contributed by atoms with Gasteiger partial charge in [-0.25, -0.2) is 0 Å². The Morgan fingerprint density at radius 3 is 2.53 bits per heavy atom. The first-order valence-electron chi connectivity index (χ1n) is 5.69. The van der Waals surface area contributed by atoms with Crippen molar-refractivity contribution >= 4 is 50.4 Å². The van der Waals surface area contributed by atoms with E-state index in [1.54, 1.807) is 12.1 Å². The van der Waals surface area contributed by atoms with Crippen molar-refractivity contribution in [1.29, 1.82) is 0 Å². The topological polar surface area (TPSA) is 46.6 Å². The third kappa shape index (κ3) is 4.45. The number of carbonyl (C=O) groups is 2. The van der Waals surface area contributed by atoms with Crippen LogP contribution in [0.5, 0.6) is 0 Å². The number of halogens is 2. The highest BCUT2D eigenvalue weighted by atomic mass is 127. The molecular formula is C13H15BrINO3. The molecule has 0 heterocycles. The number of amides is 1. The molecule has 0 radical (unpaired) electrons. The highest BCUT2D eigenvalue weighted by Crippen LogP contribution is 2.21. The molecule has 1 aromatic rings. The van der Waals surface area contributed by atoms with Crippen LogP contribution in [0.25, 0.3) is 0 Å². The lowest BCUT2D eigenvalue weighted by Crippen LogP contribution is -2.41. The van der Waals surface area contributed by atoms with Crippen LogP contribution in [-0.4, -0.2) is 36.5 Å². The SMILES string of the molecule is COC(=O)CN(C(=O)c1ccc(I)c(Br)c1)C(C)C. The Morgan fingerprint density at radius 2 is 2.05 bits per heavy atom. The highest BCUT2D eigenvalue weighted by Gasteiger charge is 2.22. The van der Waals surface area contributed by atoms with E-state index in [4.69, 9.17) is 0 Å². The third-order valence-corrected chi connectivity index (χ3v) is 4.92. The number of nitrogens with zero attached hydrogens (tertiary/aromatic N) is 1. The Labute approximate surface area is 134 Å². The van der Waals surface area contributed by atoms with Crippen molar-refractivity contribution in [3.05, 3.63) is 31.8 Å². The molecule has 1 rings (SSSR count). The average Bonchev–Trinajstić information content (AvgIpc) is 2.37. The van der Waals surface area contributed by atoms with Gasteiger partial charge in [-0.3, -0.25) is 9.59 Å². The van der Waals surface area contributed by atoms with Gasteiger partial charge in [-0.2, -0.15) is 0 Å². The van der Waals surface area contributed by atoms with Crippen LogP contribution in [0.3, 0.4) is 0 Å². The van der Waals surface area contributed by atoms with E-state index in [2.05, 4.69) is 43.3 Å². The minimum atomic E-state index is -0.424. The molecule has 6 heteroatoms. The Kier molecular flexibility index (Phi) is 6.25. The van der Waals surface area contributed by atoms with Gasteiger partial charge >= 0.3 is 5.97 Å². The molecule has 0 atom stereocenters. The summed E-state index contributed by atoms with van der Waals surface area (Å²) < 4.78 is 6.50. The number of carbonyl (C=O) groups excluding carboxylic acids is 2. The zero-order valence-corrected chi connectivity index (χ0v) is 14.7. The summed E-state index contributed by atoms with van der Waals surface area (Å²) in [4.78, 5) is 25.2. The van der Waals surface area contributed by atoms with Crippen LogP contribution in [0.1, 0.15) is 24.2 Å². The molecule has 0 spiro atoms. The summed E-state index contributed by atoms with van der Waals surface area (Å²) in [6, 6.07) is 5.29. The van der Waals surface area contributed by atoms with Crippen LogP contribution in [0, 0.1) is 3.57 Å². The monoisotopic (exact) mass is 439 g/mol. The molecule has 0 fully saturated rings. The van der Waals surface area contributed by atoms with Gasteiger partial charge in [-0.1, -0.05) is 0 Å². The molecule has 0 aromatic heterocycles. The van der Waals surface area contributed by atoms with Gasteiger partial charge in [0.15, 0.2) is 0 Å². The summed E-state index contributed by atoms with van der Waals surface area (Å²) >= 11 is 5.57. The Morgan fingerprint density at radius 1 is 1.42 bits per heavy atom. The molecule has 0 bridgehead atoms. The normalized spacial score (nSPS) is 10.4. The van der Waals surface area contributed by atoms with Crippen LogP contribution in [0.15, 0.2) is 22.7 Å². The molecule has 0 saturated carbocycles. The Balaban J connectivity index is 2.99. The van der Waals surface area contributed by atoms with Crippen LogP contribution < -0.4 is 0 Å². The van der Waals surface area contributed by atoms with Gasteiger partial charge in [0.2, 0.25) is 0 Å². The van der Waals surface area contributed by atoms with E-state index in [0.717, 1.165) is 8.04 Å². The van der Waals surface area contributed by atoms with Gasteiger partial charge in [0, 0.05) is 19.6 Å². The summed E-state index contributed by atoms with van der Waals surface area (Å²) in [6.45, 7) is 3.68. The first kappa shape index (κ1) is 16.4. The number of ether oxygens (including phenoxy) is 1. The number of hydrogen-bond donors (Lipinski definition) is 0. The number of rotatable bonds is 4. The minimum absolute atomic E-state index is 0.0450. The number of esters is 1. The van der Waals surface area contributed by atoms with Crippen molar-refractivity contribution < 1.29 is 14.3 Å². The van der Waals surface area contributed by atoms with Gasteiger partial charge < -0.3 is 9.64 Å². The molecule has 0 N–H and O–H groups in total. The zero-order valence-electron chi connectivity index (χ0n) is 10.9. The maximum Gasteiger partial charge on any atom is 0.325 e. The molecule has 4 nitrogen and oxygen atoms in total. The second-order valence-corrected chi connectivity index (χ2v) is 6.25. The summed E-state index contributed by atoms with van der Waals surface area (Å²) in [5, 5.41) is 0. The Bertz CT molecular complexity index is 491. The molecule has 0 aliphatic rings. The van der Waals surface area contributed by atoms with Gasteiger partial charge in [-0.05, 0) is 70.6 Å². The maximum atomic E-state index is 12.4. The first-order chi connectivity index (χ1) is 8.86. The number of hydrogen-bond acceptors (Lipinski definition) is 3. The fraction of sp³-hybridized carbons (Fsp3) is 0.385. The van der Waals surface area contributed by atoms with Gasteiger partial charge in [0.25, 0.3) is 5.91 Å². The van der Waals surface area contributed by atoms with E-state index in [1.807, 2.05) is 19.9 Å². The van der Waals surface area contributed by atoms with Crippen LogP contribution in [-0.2, 0) is 9.53 Å². The lowest BCUT2D eigenvalue weighted by Gasteiger charge is -2.25. The summed E-state index contributed by atoms with van der Waals surface area (Å²) in [7, 11) is 1.31. The van der Waals surface area contributed by atoms with E-state index in [1.165, 1.54) is 12.0 Å². The number of methoxy groups -OCH3 is 1. The fourth-order valence-corrected chi connectivity index (χ4v) is 2.20. The molecule has 0 aliphatic carbocycles. The van der Waals surface area contributed by atoms with Crippen LogP contribution in [0.2, 0.25) is 0 Å². The lowest BCUT2D eigenvalue weighted by molar-refractivity contribution is -0.141. The van der Waals surface area contributed by atoms with E-state index in [9.17, 15) is 9.59 Å². The van der Waals surface area contributed by atoms with Crippen molar-refractivity contribution in [2.75, 3.05) is 13.7 Å². The molecule has 0 aliphatic heterocycles. The Hall–Kier alpha value is -0.630. The van der Waals surface area contributed by atoms with Crippen molar-refractivity contribution in [3.63, 3.8) is 0 Å². The summed E-state index contributed by atoms with van der Waals surface area (Å²) in [6.07, 6.45) is 0. The van der Waals surface area contributed by atoms with Gasteiger partial charge in [0.1, 0.15) is 6.54 Å². The fourth-order valence-electron chi connectivity index (χ4n) is 1.49. The predicted molar refractivity (Wildman–Crippen MR) is 85.0 cm³/mol. The second kappa shape index (κ2) is 7.23.